The van der Waals surface area contributed by atoms with E-state index in [2.05, 4.69) is 132 Å². The lowest BCUT2D eigenvalue weighted by atomic mass is 10.2. The summed E-state index contributed by atoms with van der Waals surface area (Å²) < 4.78 is 1.22. The Balaban J connectivity index is 2.02. The molecule has 28 heavy (non-hydrogen) atoms. The van der Waals surface area contributed by atoms with Crippen molar-refractivity contribution in [3.05, 3.63) is 125 Å². The molecule has 0 unspecified atom stereocenters. The van der Waals surface area contributed by atoms with Crippen molar-refractivity contribution in [1.29, 1.82) is 0 Å². The molecule has 0 amide bonds. The van der Waals surface area contributed by atoms with E-state index >= 15 is 0 Å². The molecule has 0 atom stereocenters. The highest BCUT2D eigenvalue weighted by molar-refractivity contribution is 9.10. The maximum atomic E-state index is 3.87. The molecule has 2 heteroatoms. The zero-order valence-electron chi connectivity index (χ0n) is 15.9. The zero-order valence-corrected chi connectivity index (χ0v) is 18.4. The number of hydrogen-bond donors (Lipinski definition) is 0. The Labute approximate surface area is 176 Å². The summed E-state index contributed by atoms with van der Waals surface area (Å²) in [6.07, 6.45) is 0.993. The minimum absolute atomic E-state index is 0.993. The van der Waals surface area contributed by atoms with E-state index in [4.69, 9.17) is 0 Å². The van der Waals surface area contributed by atoms with Crippen molar-refractivity contribution in [2.24, 2.45) is 0 Å². The van der Waals surface area contributed by atoms with Crippen molar-refractivity contribution in [3.8, 4) is 0 Å². The van der Waals surface area contributed by atoms with Gasteiger partial charge in [0.05, 0.1) is 6.16 Å². The molecule has 0 aromatic heterocycles. The minimum Gasteiger partial charge on any atom is -0.0620 e. The molecule has 0 nitrogen and oxygen atoms in total. The average Bonchev–Trinajstić information content (AvgIpc) is 2.77. The summed E-state index contributed by atoms with van der Waals surface area (Å²) in [5.74, 6) is 0. The lowest BCUT2D eigenvalue weighted by Gasteiger charge is -2.28. The smallest absolute Gasteiger partial charge is 0.0620 e. The molecule has 4 aromatic carbocycles. The highest BCUT2D eigenvalue weighted by Crippen LogP contribution is 2.58. The first kappa shape index (κ1) is 19.1. The Morgan fingerprint density at radius 1 is 0.571 bits per heavy atom. The van der Waals surface area contributed by atoms with Crippen LogP contribution in [-0.4, -0.2) is 0 Å². The average molecular weight is 446 g/mol. The van der Waals surface area contributed by atoms with Gasteiger partial charge in [-0.1, -0.05) is 88.7 Å². The van der Waals surface area contributed by atoms with E-state index in [0.29, 0.717) is 0 Å². The Hall–Kier alpha value is -2.21. The third-order valence-electron chi connectivity index (χ3n) is 5.27. The van der Waals surface area contributed by atoms with Crippen LogP contribution in [0.15, 0.2) is 114 Å². The molecular weight excluding hydrogens is 423 g/mol. The van der Waals surface area contributed by atoms with Crippen LogP contribution in [0.3, 0.4) is 0 Å². The van der Waals surface area contributed by atoms with E-state index in [0.717, 1.165) is 6.16 Å². The summed E-state index contributed by atoms with van der Waals surface area (Å²) in [5.41, 5.74) is 2.65. The highest BCUT2D eigenvalue weighted by Gasteiger charge is 2.45. The van der Waals surface area contributed by atoms with Gasteiger partial charge in [0.25, 0.3) is 0 Å². The molecule has 0 fully saturated rings. The number of halogens is 1. The van der Waals surface area contributed by atoms with E-state index in [1.165, 1.54) is 31.5 Å². The molecule has 0 heterocycles. The van der Waals surface area contributed by atoms with Gasteiger partial charge in [-0.3, -0.25) is 0 Å². The van der Waals surface area contributed by atoms with E-state index in [1.54, 1.807) is 0 Å². The van der Waals surface area contributed by atoms with Gasteiger partial charge >= 0.3 is 0 Å². The quantitative estimate of drug-likeness (QED) is 0.318. The van der Waals surface area contributed by atoms with Gasteiger partial charge < -0.3 is 0 Å². The highest BCUT2D eigenvalue weighted by atomic mass is 79.9. The molecule has 4 rings (SSSR count). The van der Waals surface area contributed by atoms with Crippen LogP contribution in [0.1, 0.15) is 11.1 Å². The molecule has 138 valence electrons. The molecule has 0 spiro atoms. The Bertz CT molecular complexity index is 947. The topological polar surface area (TPSA) is 0 Å². The summed E-state index contributed by atoms with van der Waals surface area (Å²) in [4.78, 5) is 0. The summed E-state index contributed by atoms with van der Waals surface area (Å²) in [6, 6.07) is 39.8. The molecule has 0 N–H and O–H groups in total. The molecular formula is C26H23BrP+. The summed E-state index contributed by atoms with van der Waals surface area (Å²) in [6.45, 7) is 2.17. The second kappa shape index (κ2) is 8.43. The molecule has 0 aliphatic carbocycles. The number of rotatable bonds is 5. The number of hydrogen-bond acceptors (Lipinski definition) is 0. The lowest BCUT2D eigenvalue weighted by Crippen LogP contribution is -2.32. The van der Waals surface area contributed by atoms with Gasteiger partial charge in [-0.2, -0.15) is 0 Å². The van der Waals surface area contributed by atoms with Crippen LogP contribution in [0.2, 0.25) is 0 Å². The van der Waals surface area contributed by atoms with E-state index < -0.39 is 7.26 Å². The van der Waals surface area contributed by atoms with Gasteiger partial charge in [0.2, 0.25) is 0 Å². The molecule has 0 radical (unpaired) electrons. The fraction of sp³-hybridized carbons (Fsp3) is 0.0769. The first-order chi connectivity index (χ1) is 13.7. The molecule has 0 aliphatic heterocycles. The van der Waals surface area contributed by atoms with Gasteiger partial charge in [-0.15, -0.1) is 0 Å². The number of benzene rings is 4. The molecule has 0 saturated heterocycles. The minimum atomic E-state index is -1.85. The van der Waals surface area contributed by atoms with Crippen LogP contribution < -0.4 is 15.9 Å². The van der Waals surface area contributed by atoms with E-state index in [-0.39, 0.29) is 0 Å². The van der Waals surface area contributed by atoms with Crippen LogP contribution in [0.25, 0.3) is 0 Å². The van der Waals surface area contributed by atoms with Gasteiger partial charge in [-0.05, 0) is 48.9 Å². The van der Waals surface area contributed by atoms with Gasteiger partial charge in [0.15, 0.2) is 0 Å². The molecule has 0 saturated carbocycles. The third kappa shape index (κ3) is 3.58. The lowest BCUT2D eigenvalue weighted by molar-refractivity contribution is 1.30. The van der Waals surface area contributed by atoms with Crippen LogP contribution in [-0.2, 0) is 6.16 Å². The second-order valence-electron chi connectivity index (χ2n) is 7.02. The van der Waals surface area contributed by atoms with Crippen molar-refractivity contribution in [2.75, 3.05) is 0 Å². The standard InChI is InChI=1S/C26H23BrP/c1-21-12-11-13-22(26(21)27)20-28(23-14-5-2-6-15-23,24-16-7-3-8-17-24)25-18-9-4-10-19-25/h2-19H,20H2,1H3/q+1. The third-order valence-corrected chi connectivity index (χ3v) is 10.8. The summed E-state index contributed by atoms with van der Waals surface area (Å²) >= 11 is 3.87. The Morgan fingerprint density at radius 2 is 1.00 bits per heavy atom. The fourth-order valence-corrected chi connectivity index (χ4v) is 8.74. The Kier molecular flexibility index (Phi) is 5.76. The number of aryl methyl sites for hydroxylation is 1. The normalized spacial score (nSPS) is 11.4. The predicted molar refractivity (Wildman–Crippen MR) is 128 cm³/mol. The molecule has 4 aromatic rings. The SMILES string of the molecule is Cc1cccc(C[P+](c2ccccc2)(c2ccccc2)c2ccccc2)c1Br. The van der Waals surface area contributed by atoms with Crippen molar-refractivity contribution in [1.82, 2.24) is 0 Å². The Morgan fingerprint density at radius 3 is 1.43 bits per heavy atom. The first-order valence-corrected chi connectivity index (χ1v) is 12.3. The second-order valence-corrected chi connectivity index (χ2v) is 11.3. The van der Waals surface area contributed by atoms with Crippen LogP contribution in [0.5, 0.6) is 0 Å². The van der Waals surface area contributed by atoms with Crippen molar-refractivity contribution in [2.45, 2.75) is 13.1 Å². The van der Waals surface area contributed by atoms with Gasteiger partial charge in [0.1, 0.15) is 23.2 Å². The fourth-order valence-electron chi connectivity index (χ4n) is 3.85. The van der Waals surface area contributed by atoms with E-state index in [9.17, 15) is 0 Å². The van der Waals surface area contributed by atoms with Crippen LogP contribution >= 0.6 is 23.2 Å². The van der Waals surface area contributed by atoms with Crippen LogP contribution in [0, 0.1) is 6.92 Å². The van der Waals surface area contributed by atoms with Gasteiger partial charge in [0, 0.05) is 10.0 Å². The van der Waals surface area contributed by atoms with Crippen LogP contribution in [0.4, 0.5) is 0 Å². The van der Waals surface area contributed by atoms with E-state index in [1.807, 2.05) is 0 Å². The maximum Gasteiger partial charge on any atom is 0.116 e. The first-order valence-electron chi connectivity index (χ1n) is 9.51. The van der Waals surface area contributed by atoms with Crippen molar-refractivity contribution < 1.29 is 0 Å². The van der Waals surface area contributed by atoms with Crippen molar-refractivity contribution in [3.63, 3.8) is 0 Å². The summed E-state index contributed by atoms with van der Waals surface area (Å²) in [7, 11) is -1.85. The van der Waals surface area contributed by atoms with Gasteiger partial charge in [-0.25, -0.2) is 0 Å². The molecule has 0 aliphatic rings. The molecule has 0 bridgehead atoms. The summed E-state index contributed by atoms with van der Waals surface area (Å²) in [5, 5.41) is 4.25. The predicted octanol–water partition coefficient (Wildman–Crippen LogP) is 6.25. The zero-order chi connectivity index (χ0) is 19.4. The monoisotopic (exact) mass is 445 g/mol. The maximum absolute atomic E-state index is 3.87. The largest absolute Gasteiger partial charge is 0.116 e. The van der Waals surface area contributed by atoms with Crippen molar-refractivity contribution >= 4 is 39.1 Å².